The molecule has 1 heterocycles. The van der Waals surface area contributed by atoms with Crippen LogP contribution in [0.15, 0.2) is 53.8 Å². The van der Waals surface area contributed by atoms with Gasteiger partial charge in [0.2, 0.25) is 0 Å². The zero-order chi connectivity index (χ0) is 16.9. The molecular weight excluding hydrogens is 326 g/mol. The Labute approximate surface area is 144 Å². The predicted molar refractivity (Wildman–Crippen MR) is 97.5 cm³/mol. The number of pyridine rings is 1. The SMILES string of the molecule is COc1cccc(/C=N/Nc2ccnc3cc(Cl)ccc23)c1OC. The second-order valence-corrected chi connectivity index (χ2v) is 5.41. The van der Waals surface area contributed by atoms with Gasteiger partial charge in [-0.2, -0.15) is 5.10 Å². The second kappa shape index (κ2) is 7.19. The Morgan fingerprint density at radius 3 is 2.79 bits per heavy atom. The zero-order valence-corrected chi connectivity index (χ0v) is 14.0. The maximum absolute atomic E-state index is 6.00. The average Bonchev–Trinajstić information content (AvgIpc) is 2.61. The van der Waals surface area contributed by atoms with Crippen molar-refractivity contribution in [3.8, 4) is 11.5 Å². The third kappa shape index (κ3) is 3.26. The normalized spacial score (nSPS) is 11.0. The van der Waals surface area contributed by atoms with E-state index in [9.17, 15) is 0 Å². The van der Waals surface area contributed by atoms with E-state index in [4.69, 9.17) is 21.1 Å². The molecule has 1 N–H and O–H groups in total. The van der Waals surface area contributed by atoms with Crippen LogP contribution in [0.3, 0.4) is 0 Å². The number of nitrogens with zero attached hydrogens (tertiary/aromatic N) is 2. The highest BCUT2D eigenvalue weighted by atomic mass is 35.5. The topological polar surface area (TPSA) is 55.7 Å². The highest BCUT2D eigenvalue weighted by molar-refractivity contribution is 6.31. The fourth-order valence-electron chi connectivity index (χ4n) is 2.40. The molecule has 24 heavy (non-hydrogen) atoms. The Morgan fingerprint density at radius 2 is 2.00 bits per heavy atom. The van der Waals surface area contributed by atoms with Crippen LogP contribution >= 0.6 is 11.6 Å². The van der Waals surface area contributed by atoms with Crippen LogP contribution < -0.4 is 14.9 Å². The van der Waals surface area contributed by atoms with Crippen LogP contribution in [0.25, 0.3) is 10.9 Å². The lowest BCUT2D eigenvalue weighted by molar-refractivity contribution is 0.354. The van der Waals surface area contributed by atoms with E-state index in [0.717, 1.165) is 22.2 Å². The van der Waals surface area contributed by atoms with E-state index in [1.54, 1.807) is 26.6 Å². The van der Waals surface area contributed by atoms with Gasteiger partial charge in [-0.3, -0.25) is 10.4 Å². The van der Waals surface area contributed by atoms with Gasteiger partial charge >= 0.3 is 0 Å². The summed E-state index contributed by atoms with van der Waals surface area (Å²) in [6.45, 7) is 0. The van der Waals surface area contributed by atoms with Gasteiger partial charge in [0.05, 0.1) is 31.6 Å². The van der Waals surface area contributed by atoms with E-state index in [2.05, 4.69) is 15.5 Å². The van der Waals surface area contributed by atoms with E-state index in [0.29, 0.717) is 16.5 Å². The number of hydrazone groups is 1. The highest BCUT2D eigenvalue weighted by Crippen LogP contribution is 2.29. The number of para-hydroxylation sites is 1. The van der Waals surface area contributed by atoms with Gasteiger partial charge in [-0.1, -0.05) is 17.7 Å². The van der Waals surface area contributed by atoms with E-state index < -0.39 is 0 Å². The molecule has 0 radical (unpaired) electrons. The lowest BCUT2D eigenvalue weighted by Gasteiger charge is -2.09. The summed E-state index contributed by atoms with van der Waals surface area (Å²) in [5, 5.41) is 5.89. The van der Waals surface area contributed by atoms with Crippen LogP contribution in [-0.4, -0.2) is 25.4 Å². The number of hydrogen-bond acceptors (Lipinski definition) is 5. The summed E-state index contributed by atoms with van der Waals surface area (Å²) in [7, 11) is 3.20. The van der Waals surface area contributed by atoms with Gasteiger partial charge in [-0.05, 0) is 36.4 Å². The first-order chi connectivity index (χ1) is 11.7. The summed E-state index contributed by atoms with van der Waals surface area (Å²) in [6, 6.07) is 13.0. The number of halogens is 1. The Kier molecular flexibility index (Phi) is 4.82. The van der Waals surface area contributed by atoms with Crippen LogP contribution in [0.4, 0.5) is 5.69 Å². The molecule has 3 aromatic rings. The minimum absolute atomic E-state index is 0.636. The Hall–Kier alpha value is -2.79. The molecule has 0 fully saturated rings. The van der Waals surface area contributed by atoms with Crippen molar-refractivity contribution in [2.24, 2.45) is 5.10 Å². The maximum atomic E-state index is 6.00. The van der Waals surface area contributed by atoms with Gasteiger partial charge in [0.25, 0.3) is 0 Å². The van der Waals surface area contributed by atoms with E-state index in [1.165, 1.54) is 0 Å². The molecule has 0 bridgehead atoms. The molecule has 0 spiro atoms. The standard InChI is InChI=1S/C18H16ClN3O2/c1-23-17-5-3-4-12(18(17)24-2)11-21-22-15-8-9-20-16-10-13(19)6-7-14(15)16/h3-11H,1-2H3,(H,20,22)/b21-11+. The van der Waals surface area contributed by atoms with Gasteiger partial charge in [-0.15, -0.1) is 0 Å². The quantitative estimate of drug-likeness (QED) is 0.553. The van der Waals surface area contributed by atoms with Crippen molar-refractivity contribution < 1.29 is 9.47 Å². The van der Waals surface area contributed by atoms with Crippen LogP contribution in [-0.2, 0) is 0 Å². The summed E-state index contributed by atoms with van der Waals surface area (Å²) in [5.74, 6) is 1.29. The number of rotatable bonds is 5. The Balaban J connectivity index is 1.88. The number of anilines is 1. The number of methoxy groups -OCH3 is 2. The molecule has 3 rings (SSSR count). The predicted octanol–water partition coefficient (Wildman–Crippen LogP) is 4.35. The summed E-state index contributed by atoms with van der Waals surface area (Å²) < 4.78 is 10.7. The fourth-order valence-corrected chi connectivity index (χ4v) is 2.57. The fraction of sp³-hybridized carbons (Fsp3) is 0.111. The van der Waals surface area contributed by atoms with E-state index in [1.807, 2.05) is 42.5 Å². The molecular formula is C18H16ClN3O2. The zero-order valence-electron chi connectivity index (χ0n) is 13.3. The van der Waals surface area contributed by atoms with Gasteiger partial charge in [0.1, 0.15) is 0 Å². The minimum atomic E-state index is 0.636. The molecule has 0 aliphatic carbocycles. The van der Waals surface area contributed by atoms with Crippen molar-refractivity contribution in [2.75, 3.05) is 19.6 Å². The van der Waals surface area contributed by atoms with Gasteiger partial charge in [0, 0.05) is 22.2 Å². The number of ether oxygens (including phenoxy) is 2. The second-order valence-electron chi connectivity index (χ2n) is 4.97. The van der Waals surface area contributed by atoms with E-state index in [-0.39, 0.29) is 0 Å². The lowest BCUT2D eigenvalue weighted by Crippen LogP contribution is -1.97. The van der Waals surface area contributed by atoms with Crippen LogP contribution in [0.1, 0.15) is 5.56 Å². The molecule has 0 atom stereocenters. The lowest BCUT2D eigenvalue weighted by atomic mass is 10.2. The molecule has 6 heteroatoms. The largest absolute Gasteiger partial charge is 0.493 e. The van der Waals surface area contributed by atoms with Gasteiger partial charge < -0.3 is 9.47 Å². The van der Waals surface area contributed by atoms with Gasteiger partial charge in [0.15, 0.2) is 11.5 Å². The molecule has 0 saturated carbocycles. The van der Waals surface area contributed by atoms with Gasteiger partial charge in [-0.25, -0.2) is 0 Å². The summed E-state index contributed by atoms with van der Waals surface area (Å²) in [5.41, 5.74) is 5.49. The molecule has 0 unspecified atom stereocenters. The smallest absolute Gasteiger partial charge is 0.169 e. The molecule has 0 saturated heterocycles. The molecule has 2 aromatic carbocycles. The monoisotopic (exact) mass is 341 g/mol. The first kappa shape index (κ1) is 16.1. The molecule has 1 aromatic heterocycles. The number of hydrogen-bond donors (Lipinski definition) is 1. The maximum Gasteiger partial charge on any atom is 0.169 e. The molecule has 0 amide bonds. The molecule has 122 valence electrons. The number of benzene rings is 2. The van der Waals surface area contributed by atoms with Crippen molar-refractivity contribution in [2.45, 2.75) is 0 Å². The van der Waals surface area contributed by atoms with Crippen LogP contribution in [0, 0.1) is 0 Å². The minimum Gasteiger partial charge on any atom is -0.493 e. The Morgan fingerprint density at radius 1 is 1.12 bits per heavy atom. The third-order valence-electron chi connectivity index (χ3n) is 3.53. The molecule has 0 aliphatic heterocycles. The summed E-state index contributed by atoms with van der Waals surface area (Å²) >= 11 is 6.00. The number of aromatic nitrogens is 1. The molecule has 5 nitrogen and oxygen atoms in total. The van der Waals surface area contributed by atoms with Crippen molar-refractivity contribution in [3.05, 3.63) is 59.2 Å². The van der Waals surface area contributed by atoms with Crippen molar-refractivity contribution in [1.29, 1.82) is 0 Å². The highest BCUT2D eigenvalue weighted by Gasteiger charge is 2.07. The summed E-state index contributed by atoms with van der Waals surface area (Å²) in [4.78, 5) is 4.31. The third-order valence-corrected chi connectivity index (χ3v) is 3.76. The number of nitrogens with one attached hydrogen (secondary N) is 1. The summed E-state index contributed by atoms with van der Waals surface area (Å²) in [6.07, 6.45) is 3.40. The van der Waals surface area contributed by atoms with Crippen LogP contribution in [0.5, 0.6) is 11.5 Å². The molecule has 0 aliphatic rings. The Bertz CT molecular complexity index is 897. The first-order valence-corrected chi connectivity index (χ1v) is 7.65. The average molecular weight is 342 g/mol. The first-order valence-electron chi connectivity index (χ1n) is 7.27. The van der Waals surface area contributed by atoms with Crippen molar-refractivity contribution in [3.63, 3.8) is 0 Å². The van der Waals surface area contributed by atoms with E-state index >= 15 is 0 Å². The van der Waals surface area contributed by atoms with Crippen LogP contribution in [0.2, 0.25) is 5.02 Å². The number of fused-ring (bicyclic) bond motifs is 1. The van der Waals surface area contributed by atoms with Crippen molar-refractivity contribution >= 4 is 34.4 Å². The van der Waals surface area contributed by atoms with Crippen molar-refractivity contribution in [1.82, 2.24) is 4.98 Å².